The van der Waals surface area contributed by atoms with E-state index in [0.717, 1.165) is 17.2 Å². The average molecular weight is 355 g/mol. The van der Waals surface area contributed by atoms with Gasteiger partial charge in [-0.2, -0.15) is 0 Å². The number of hydrogen-bond donors (Lipinski definition) is 1. The summed E-state index contributed by atoms with van der Waals surface area (Å²) in [6.45, 7) is 5.28. The summed E-state index contributed by atoms with van der Waals surface area (Å²) in [5.41, 5.74) is 7.88. The molecule has 5 heteroatoms. The number of aryl methyl sites for hydroxylation is 1. The molecule has 0 amide bonds. The van der Waals surface area contributed by atoms with Gasteiger partial charge >= 0.3 is 0 Å². The van der Waals surface area contributed by atoms with Gasteiger partial charge in [0.15, 0.2) is 6.79 Å². The largest absolute Gasteiger partial charge is 0.468 e. The highest BCUT2D eigenvalue weighted by Gasteiger charge is 2.18. The first kappa shape index (κ1) is 18.7. The zero-order valence-electron chi connectivity index (χ0n) is 15.6. The van der Waals surface area contributed by atoms with E-state index in [-0.39, 0.29) is 6.10 Å². The van der Waals surface area contributed by atoms with E-state index in [9.17, 15) is 0 Å². The number of aromatic nitrogens is 1. The quantitative estimate of drug-likeness (QED) is 0.880. The summed E-state index contributed by atoms with van der Waals surface area (Å²) in [4.78, 5) is 6.88. The summed E-state index contributed by atoms with van der Waals surface area (Å²) in [6, 6.07) is 4.29. The lowest BCUT2D eigenvalue weighted by molar-refractivity contribution is -0.0536. The van der Waals surface area contributed by atoms with Gasteiger partial charge in [0.25, 0.3) is 0 Å². The molecule has 2 bridgehead atoms. The van der Waals surface area contributed by atoms with Crippen LogP contribution in [-0.4, -0.2) is 37.5 Å². The third kappa shape index (κ3) is 5.19. The second-order valence-electron chi connectivity index (χ2n) is 6.82. The Kier molecular flexibility index (Phi) is 6.86. The molecule has 2 N–H and O–H groups in total. The fraction of sp³-hybridized carbons (Fsp3) is 0.476. The van der Waals surface area contributed by atoms with Gasteiger partial charge in [-0.15, -0.1) is 0 Å². The molecule has 0 saturated carbocycles. The second kappa shape index (κ2) is 9.55. The summed E-state index contributed by atoms with van der Waals surface area (Å²) in [5, 5.41) is 0. The summed E-state index contributed by atoms with van der Waals surface area (Å²) < 4.78 is 10.5. The highest BCUT2D eigenvalue weighted by molar-refractivity contribution is 5.39. The van der Waals surface area contributed by atoms with E-state index in [1.54, 1.807) is 0 Å². The zero-order chi connectivity index (χ0) is 18.2. The number of fused-ring (bicyclic) bond motifs is 1. The Morgan fingerprint density at radius 2 is 2.00 bits per heavy atom. The molecule has 0 spiro atoms. The van der Waals surface area contributed by atoms with Crippen LogP contribution in [0.5, 0.6) is 0 Å². The molecule has 4 rings (SSSR count). The van der Waals surface area contributed by atoms with Crippen molar-refractivity contribution in [2.24, 2.45) is 5.73 Å². The van der Waals surface area contributed by atoms with E-state index in [1.807, 2.05) is 30.5 Å². The van der Waals surface area contributed by atoms with Crippen LogP contribution >= 0.6 is 0 Å². The molecule has 1 aliphatic carbocycles. The lowest BCUT2D eigenvalue weighted by atomic mass is 10.1. The fourth-order valence-electron chi connectivity index (χ4n) is 3.23. The highest BCUT2D eigenvalue weighted by Crippen LogP contribution is 2.20. The summed E-state index contributed by atoms with van der Waals surface area (Å²) >= 11 is 0. The number of nitrogens with two attached hydrogens (primary N) is 1. The van der Waals surface area contributed by atoms with E-state index >= 15 is 0 Å². The predicted molar refractivity (Wildman–Crippen MR) is 105 cm³/mol. The molecule has 3 aliphatic rings. The van der Waals surface area contributed by atoms with E-state index in [1.165, 1.54) is 44.3 Å². The number of ether oxygens (including phenoxy) is 2. The van der Waals surface area contributed by atoms with Crippen LogP contribution in [0.1, 0.15) is 31.2 Å². The molecule has 0 aromatic carbocycles. The van der Waals surface area contributed by atoms with Gasteiger partial charge in [-0.05, 0) is 49.1 Å². The van der Waals surface area contributed by atoms with Crippen molar-refractivity contribution < 1.29 is 9.47 Å². The van der Waals surface area contributed by atoms with Crippen LogP contribution in [0.3, 0.4) is 0 Å². The van der Waals surface area contributed by atoms with Gasteiger partial charge in [-0.1, -0.05) is 31.1 Å². The maximum Gasteiger partial charge on any atom is 0.190 e. The number of pyridine rings is 1. The van der Waals surface area contributed by atoms with Gasteiger partial charge in [-0.3, -0.25) is 0 Å². The molecule has 1 saturated heterocycles. The van der Waals surface area contributed by atoms with Crippen molar-refractivity contribution in [3.8, 4) is 0 Å². The summed E-state index contributed by atoms with van der Waals surface area (Å²) in [7, 11) is 0. The number of nitrogens with zero attached hydrogens (tertiary/aromatic N) is 2. The SMILES string of the molecule is Cc1ccc(N2CCCCCC2)nc1.NCC1=CC=CC2=CC1OCO2. The van der Waals surface area contributed by atoms with Crippen molar-refractivity contribution in [3.05, 3.63) is 59.5 Å². The molecule has 1 atom stereocenters. The fourth-order valence-corrected chi connectivity index (χ4v) is 3.23. The van der Waals surface area contributed by atoms with E-state index in [0.29, 0.717) is 13.3 Å². The average Bonchev–Trinajstić information content (AvgIpc) is 3.02. The Labute approximate surface area is 156 Å². The third-order valence-corrected chi connectivity index (χ3v) is 4.79. The third-order valence-electron chi connectivity index (χ3n) is 4.79. The van der Waals surface area contributed by atoms with Crippen molar-refractivity contribution >= 4 is 5.82 Å². The van der Waals surface area contributed by atoms with Gasteiger partial charge in [-0.25, -0.2) is 4.98 Å². The number of allylic oxidation sites excluding steroid dienone is 3. The van der Waals surface area contributed by atoms with E-state index in [4.69, 9.17) is 15.2 Å². The van der Waals surface area contributed by atoms with Crippen LogP contribution in [0.25, 0.3) is 0 Å². The monoisotopic (exact) mass is 355 g/mol. The molecule has 5 nitrogen and oxygen atoms in total. The molecule has 1 aromatic rings. The topological polar surface area (TPSA) is 60.6 Å². The van der Waals surface area contributed by atoms with E-state index in [2.05, 4.69) is 28.9 Å². The lowest BCUT2D eigenvalue weighted by Gasteiger charge is -2.21. The van der Waals surface area contributed by atoms with Gasteiger partial charge in [0.2, 0.25) is 0 Å². The van der Waals surface area contributed by atoms with Gasteiger partial charge in [0, 0.05) is 25.8 Å². The second-order valence-corrected chi connectivity index (χ2v) is 6.82. The first-order valence-electron chi connectivity index (χ1n) is 9.47. The molecular formula is C21H29N3O2. The first-order chi connectivity index (χ1) is 12.8. The molecule has 1 unspecified atom stereocenters. The Morgan fingerprint density at radius 1 is 1.19 bits per heavy atom. The number of rotatable bonds is 2. The van der Waals surface area contributed by atoms with Crippen molar-refractivity contribution in [2.45, 2.75) is 38.7 Å². The van der Waals surface area contributed by atoms with Crippen LogP contribution in [0.4, 0.5) is 5.82 Å². The highest BCUT2D eigenvalue weighted by atomic mass is 16.7. The maximum atomic E-state index is 5.56. The van der Waals surface area contributed by atoms with Gasteiger partial charge < -0.3 is 20.1 Å². The summed E-state index contributed by atoms with van der Waals surface area (Å²) in [5.74, 6) is 2.02. The molecule has 0 radical (unpaired) electrons. The minimum absolute atomic E-state index is 0.00810. The molecule has 2 aliphatic heterocycles. The van der Waals surface area contributed by atoms with Crippen LogP contribution in [0, 0.1) is 6.92 Å². The van der Waals surface area contributed by atoms with Gasteiger partial charge in [0.05, 0.1) is 0 Å². The number of hydrogen-bond acceptors (Lipinski definition) is 5. The predicted octanol–water partition coefficient (Wildman–Crippen LogP) is 3.47. The van der Waals surface area contributed by atoms with Crippen molar-refractivity contribution in [1.82, 2.24) is 4.98 Å². The molecule has 26 heavy (non-hydrogen) atoms. The first-order valence-corrected chi connectivity index (χ1v) is 9.47. The van der Waals surface area contributed by atoms with Crippen molar-refractivity contribution in [2.75, 3.05) is 31.3 Å². The van der Waals surface area contributed by atoms with E-state index < -0.39 is 0 Å². The maximum absolute atomic E-state index is 5.56. The van der Waals surface area contributed by atoms with Crippen LogP contribution in [-0.2, 0) is 9.47 Å². The molecule has 140 valence electrons. The smallest absolute Gasteiger partial charge is 0.190 e. The molecular weight excluding hydrogens is 326 g/mol. The Balaban J connectivity index is 0.000000152. The van der Waals surface area contributed by atoms with Gasteiger partial charge in [0.1, 0.15) is 17.7 Å². The Bertz CT molecular complexity index is 656. The molecule has 1 fully saturated rings. The van der Waals surface area contributed by atoms with Crippen LogP contribution in [0.2, 0.25) is 0 Å². The van der Waals surface area contributed by atoms with Crippen molar-refractivity contribution in [3.63, 3.8) is 0 Å². The Morgan fingerprint density at radius 3 is 2.69 bits per heavy atom. The standard InChI is InChI=1S/C12H18N2.C9H11NO2/c1-11-6-7-12(13-10-11)14-8-4-2-3-5-9-14;10-5-7-2-1-3-8-4-9(7)12-6-11-8/h6-7,10H,2-5,8-9H2,1H3;1-4,9H,5-6,10H2. The zero-order valence-corrected chi connectivity index (χ0v) is 15.6. The molecule has 3 heterocycles. The van der Waals surface area contributed by atoms with Crippen LogP contribution in [0.15, 0.2) is 54.0 Å². The van der Waals surface area contributed by atoms with Crippen LogP contribution < -0.4 is 10.6 Å². The minimum atomic E-state index is 0.00810. The normalized spacial score (nSPS) is 22.1. The number of anilines is 1. The minimum Gasteiger partial charge on any atom is -0.468 e. The Hall–Kier alpha value is -2.11. The van der Waals surface area contributed by atoms with Crippen molar-refractivity contribution in [1.29, 1.82) is 0 Å². The summed E-state index contributed by atoms with van der Waals surface area (Å²) in [6.07, 6.45) is 15.1. The molecule has 1 aromatic heterocycles. The lowest BCUT2D eigenvalue weighted by Crippen LogP contribution is -2.24.